The van der Waals surface area contributed by atoms with Gasteiger partial charge in [-0.2, -0.15) is 0 Å². The van der Waals surface area contributed by atoms with Gasteiger partial charge in [-0.3, -0.25) is 0 Å². The van der Waals surface area contributed by atoms with E-state index in [1.54, 1.807) is 12.1 Å². The van der Waals surface area contributed by atoms with Crippen LogP contribution < -0.4 is 5.32 Å². The average molecular weight is 227 g/mol. The summed E-state index contributed by atoms with van der Waals surface area (Å²) in [6, 6.07) is 4.99. The lowest BCUT2D eigenvalue weighted by Gasteiger charge is -2.11. The Balaban J connectivity index is 2.39. The van der Waals surface area contributed by atoms with Gasteiger partial charge in [0, 0.05) is 25.8 Å². The molecule has 4 heteroatoms. The molecule has 0 bridgehead atoms. The number of aliphatic hydroxyl groups is 1. The number of aryl methyl sites for hydroxylation is 1. The Morgan fingerprint density at radius 3 is 2.94 bits per heavy atom. The minimum atomic E-state index is -0.558. The molecule has 1 atom stereocenters. The molecule has 0 aliphatic heterocycles. The summed E-state index contributed by atoms with van der Waals surface area (Å²) in [6.07, 6.45) is -0.558. The number of rotatable bonds is 6. The van der Waals surface area contributed by atoms with Gasteiger partial charge in [0.2, 0.25) is 0 Å². The van der Waals surface area contributed by atoms with E-state index in [1.807, 2.05) is 6.92 Å². The van der Waals surface area contributed by atoms with E-state index in [-0.39, 0.29) is 12.4 Å². The van der Waals surface area contributed by atoms with Gasteiger partial charge in [-0.05, 0) is 13.0 Å². The van der Waals surface area contributed by atoms with E-state index < -0.39 is 6.10 Å². The van der Waals surface area contributed by atoms with Crippen molar-refractivity contribution >= 4 is 0 Å². The topological polar surface area (TPSA) is 41.5 Å². The largest absolute Gasteiger partial charge is 0.389 e. The molecule has 0 heterocycles. The summed E-state index contributed by atoms with van der Waals surface area (Å²) in [5.41, 5.74) is 1.64. The molecule has 0 saturated carbocycles. The van der Waals surface area contributed by atoms with Crippen molar-refractivity contribution in [3.05, 3.63) is 35.1 Å². The highest BCUT2D eigenvalue weighted by Gasteiger charge is 2.05. The lowest BCUT2D eigenvalue weighted by molar-refractivity contribution is 0.0643. The first-order chi connectivity index (χ1) is 7.63. The van der Waals surface area contributed by atoms with Crippen molar-refractivity contribution in [2.75, 3.05) is 20.3 Å². The lowest BCUT2D eigenvalue weighted by atomic mass is 10.1. The Kier molecular flexibility index (Phi) is 5.38. The quantitative estimate of drug-likeness (QED) is 0.768. The number of aliphatic hydroxyl groups excluding tert-OH is 1. The van der Waals surface area contributed by atoms with Crippen LogP contribution in [0, 0.1) is 12.7 Å². The number of nitrogens with one attached hydrogen (secondary N) is 1. The first kappa shape index (κ1) is 13.1. The van der Waals surface area contributed by atoms with E-state index in [9.17, 15) is 9.50 Å². The highest BCUT2D eigenvalue weighted by atomic mass is 19.1. The number of halogens is 1. The van der Waals surface area contributed by atoms with E-state index in [0.717, 1.165) is 5.56 Å². The van der Waals surface area contributed by atoms with Crippen LogP contribution in [0.3, 0.4) is 0 Å². The van der Waals surface area contributed by atoms with E-state index in [4.69, 9.17) is 4.74 Å². The molecule has 1 rings (SSSR count). The molecule has 1 unspecified atom stereocenters. The van der Waals surface area contributed by atoms with Crippen molar-refractivity contribution in [1.29, 1.82) is 0 Å². The Labute approximate surface area is 95.2 Å². The first-order valence-corrected chi connectivity index (χ1v) is 5.26. The molecule has 0 radical (unpaired) electrons. The zero-order valence-electron chi connectivity index (χ0n) is 9.66. The summed E-state index contributed by atoms with van der Waals surface area (Å²) in [5.74, 6) is -0.223. The van der Waals surface area contributed by atoms with Gasteiger partial charge in [0.1, 0.15) is 5.82 Å². The third kappa shape index (κ3) is 4.26. The third-order valence-corrected chi connectivity index (χ3v) is 2.26. The highest BCUT2D eigenvalue weighted by Crippen LogP contribution is 2.09. The van der Waals surface area contributed by atoms with Crippen LogP contribution in [0.1, 0.15) is 11.1 Å². The van der Waals surface area contributed by atoms with Crippen LogP contribution in [0.5, 0.6) is 0 Å². The van der Waals surface area contributed by atoms with Gasteiger partial charge in [0.05, 0.1) is 12.7 Å². The lowest BCUT2D eigenvalue weighted by Crippen LogP contribution is -2.29. The molecule has 1 aromatic carbocycles. The smallest absolute Gasteiger partial charge is 0.127 e. The van der Waals surface area contributed by atoms with Gasteiger partial charge in [-0.15, -0.1) is 0 Å². The Bertz CT molecular complexity index is 331. The van der Waals surface area contributed by atoms with E-state index in [0.29, 0.717) is 18.7 Å². The zero-order valence-corrected chi connectivity index (χ0v) is 9.66. The summed E-state index contributed by atoms with van der Waals surface area (Å²) in [4.78, 5) is 0. The van der Waals surface area contributed by atoms with E-state index in [1.165, 1.54) is 13.2 Å². The molecular weight excluding hydrogens is 209 g/mol. The molecule has 2 N–H and O–H groups in total. The van der Waals surface area contributed by atoms with Gasteiger partial charge in [0.25, 0.3) is 0 Å². The van der Waals surface area contributed by atoms with E-state index >= 15 is 0 Å². The van der Waals surface area contributed by atoms with Crippen molar-refractivity contribution in [2.45, 2.75) is 19.6 Å². The fourth-order valence-electron chi connectivity index (χ4n) is 1.46. The van der Waals surface area contributed by atoms with Gasteiger partial charge >= 0.3 is 0 Å². The van der Waals surface area contributed by atoms with Crippen LogP contribution in [-0.4, -0.2) is 31.5 Å². The van der Waals surface area contributed by atoms with Crippen LogP contribution in [0.2, 0.25) is 0 Å². The van der Waals surface area contributed by atoms with Crippen molar-refractivity contribution in [2.24, 2.45) is 0 Å². The molecule has 0 spiro atoms. The van der Waals surface area contributed by atoms with Crippen molar-refractivity contribution in [1.82, 2.24) is 5.32 Å². The minimum absolute atomic E-state index is 0.223. The number of hydrogen-bond donors (Lipinski definition) is 2. The molecule has 16 heavy (non-hydrogen) atoms. The molecule has 0 fully saturated rings. The number of ether oxygens (including phenoxy) is 1. The molecule has 3 nitrogen and oxygen atoms in total. The summed E-state index contributed by atoms with van der Waals surface area (Å²) < 4.78 is 18.1. The summed E-state index contributed by atoms with van der Waals surface area (Å²) in [7, 11) is 1.53. The van der Waals surface area contributed by atoms with Crippen LogP contribution in [-0.2, 0) is 11.3 Å². The van der Waals surface area contributed by atoms with Crippen LogP contribution >= 0.6 is 0 Å². The normalized spacial score (nSPS) is 12.8. The molecule has 90 valence electrons. The predicted molar refractivity (Wildman–Crippen MR) is 60.7 cm³/mol. The second kappa shape index (κ2) is 6.58. The van der Waals surface area contributed by atoms with Gasteiger partial charge in [-0.1, -0.05) is 17.7 Å². The predicted octanol–water partition coefficient (Wildman–Crippen LogP) is 1.23. The van der Waals surface area contributed by atoms with Crippen molar-refractivity contribution in [3.8, 4) is 0 Å². The first-order valence-electron chi connectivity index (χ1n) is 5.26. The number of hydrogen-bond acceptors (Lipinski definition) is 3. The van der Waals surface area contributed by atoms with Gasteiger partial charge in [-0.25, -0.2) is 4.39 Å². The number of benzene rings is 1. The Morgan fingerprint density at radius 2 is 2.25 bits per heavy atom. The SMILES string of the molecule is COCC(O)CNCc1cc(C)ccc1F. The molecular formula is C12H18FNO2. The molecule has 0 aliphatic carbocycles. The fraction of sp³-hybridized carbons (Fsp3) is 0.500. The summed E-state index contributed by atoms with van der Waals surface area (Å²) in [6.45, 7) is 3.00. The zero-order chi connectivity index (χ0) is 12.0. The molecule has 1 aromatic rings. The second-order valence-corrected chi connectivity index (χ2v) is 3.83. The Morgan fingerprint density at radius 1 is 1.50 bits per heavy atom. The average Bonchev–Trinajstić information content (AvgIpc) is 2.23. The fourth-order valence-corrected chi connectivity index (χ4v) is 1.46. The van der Waals surface area contributed by atoms with Crippen LogP contribution in [0.25, 0.3) is 0 Å². The molecule has 0 aromatic heterocycles. The summed E-state index contributed by atoms with van der Waals surface area (Å²) >= 11 is 0. The van der Waals surface area contributed by atoms with Crippen molar-refractivity contribution in [3.63, 3.8) is 0 Å². The monoisotopic (exact) mass is 227 g/mol. The minimum Gasteiger partial charge on any atom is -0.389 e. The molecule has 0 aliphatic rings. The van der Waals surface area contributed by atoms with Gasteiger partial charge in [0.15, 0.2) is 0 Å². The standard InChI is InChI=1S/C12H18FNO2/c1-9-3-4-12(13)10(5-9)6-14-7-11(15)8-16-2/h3-5,11,14-15H,6-8H2,1-2H3. The highest BCUT2D eigenvalue weighted by molar-refractivity contribution is 5.23. The van der Waals surface area contributed by atoms with Crippen LogP contribution in [0.15, 0.2) is 18.2 Å². The Hall–Kier alpha value is -0.970. The second-order valence-electron chi connectivity index (χ2n) is 3.83. The summed E-state index contributed by atoms with van der Waals surface area (Å²) in [5, 5.41) is 12.4. The maximum atomic E-state index is 13.3. The van der Waals surface area contributed by atoms with Crippen LogP contribution in [0.4, 0.5) is 4.39 Å². The van der Waals surface area contributed by atoms with E-state index in [2.05, 4.69) is 5.32 Å². The molecule has 0 amide bonds. The third-order valence-electron chi connectivity index (χ3n) is 2.26. The number of methoxy groups -OCH3 is 1. The maximum absolute atomic E-state index is 13.3. The maximum Gasteiger partial charge on any atom is 0.127 e. The van der Waals surface area contributed by atoms with Crippen molar-refractivity contribution < 1.29 is 14.2 Å². The molecule has 0 saturated heterocycles. The van der Waals surface area contributed by atoms with Gasteiger partial charge < -0.3 is 15.2 Å².